The van der Waals surface area contributed by atoms with Crippen molar-refractivity contribution in [3.05, 3.63) is 42.0 Å². The smallest absolute Gasteiger partial charge is 0.408 e. The molecule has 246 valence electrons. The standard InChI is InChI=1S/C31H42FN5O8/c1-18(22-13-12-20(32)16-33-22)34-28(42)44-21-14-24-25(38)36-31(27(40)41)15-19(31)10-8-6-5-7-9-11-23(26(39)37(24)17-21)35-29(43)45-30(2,3)4/h8,10,12-13,16,18-19,21,23-24H,5-7,9,11,14-15,17H2,1-4H3,(H,34,42)(H,35,43)(H,36,38)(H,40,41)/b10-8-/t18-,19+,21-,23+,24+,31+/m1/s1. The molecule has 3 heterocycles. The summed E-state index contributed by atoms with van der Waals surface area (Å²) in [4.78, 5) is 70.6. The zero-order valence-corrected chi connectivity index (χ0v) is 26.0. The van der Waals surface area contributed by atoms with Crippen LogP contribution in [-0.4, -0.2) is 80.8 Å². The first kappa shape index (κ1) is 33.7. The highest BCUT2D eigenvalue weighted by molar-refractivity contribution is 5.96. The molecule has 4 rings (SSSR count). The number of allylic oxidation sites excluding steroid dienone is 1. The number of carboxylic acids is 1. The van der Waals surface area contributed by atoms with E-state index in [0.29, 0.717) is 18.5 Å². The Bertz CT molecular complexity index is 1320. The summed E-state index contributed by atoms with van der Waals surface area (Å²) in [5.41, 5.74) is -1.91. The summed E-state index contributed by atoms with van der Waals surface area (Å²) in [6.07, 6.45) is 5.47. The number of amides is 4. The molecule has 13 nitrogen and oxygen atoms in total. The van der Waals surface area contributed by atoms with Crippen LogP contribution in [0.4, 0.5) is 14.0 Å². The Hall–Kier alpha value is -4.23. The van der Waals surface area contributed by atoms with Crippen LogP contribution in [0.3, 0.4) is 0 Å². The molecule has 1 aromatic rings. The number of aromatic nitrogens is 1. The summed E-state index contributed by atoms with van der Waals surface area (Å²) >= 11 is 0. The number of hydrogen-bond acceptors (Lipinski definition) is 8. The molecule has 2 fully saturated rings. The molecule has 3 aliphatic rings. The number of carboxylic acid groups (broad SMARTS) is 1. The van der Waals surface area contributed by atoms with E-state index in [4.69, 9.17) is 9.47 Å². The molecule has 0 radical (unpaired) electrons. The summed E-state index contributed by atoms with van der Waals surface area (Å²) in [6.45, 7) is 6.56. The van der Waals surface area contributed by atoms with Crippen molar-refractivity contribution in [1.29, 1.82) is 0 Å². The third-order valence-corrected chi connectivity index (χ3v) is 8.11. The van der Waals surface area contributed by atoms with Gasteiger partial charge in [-0.3, -0.25) is 14.6 Å². The number of nitrogens with zero attached hydrogens (tertiary/aromatic N) is 2. The van der Waals surface area contributed by atoms with Crippen molar-refractivity contribution in [2.45, 2.75) is 108 Å². The molecule has 0 bridgehead atoms. The average Bonchev–Trinajstić information content (AvgIpc) is 3.48. The van der Waals surface area contributed by atoms with Gasteiger partial charge in [0.2, 0.25) is 11.8 Å². The van der Waals surface area contributed by atoms with E-state index in [1.165, 1.54) is 17.0 Å². The lowest BCUT2D eigenvalue weighted by Gasteiger charge is -2.30. The second-order valence-corrected chi connectivity index (χ2v) is 12.9. The van der Waals surface area contributed by atoms with E-state index in [2.05, 4.69) is 20.9 Å². The van der Waals surface area contributed by atoms with Crippen LogP contribution in [0.25, 0.3) is 0 Å². The third kappa shape index (κ3) is 8.70. The second-order valence-electron chi connectivity index (χ2n) is 12.9. The molecule has 0 spiro atoms. The number of ether oxygens (including phenoxy) is 2. The molecular formula is C31H42FN5O8. The maximum atomic E-state index is 14.0. The molecule has 45 heavy (non-hydrogen) atoms. The van der Waals surface area contributed by atoms with Crippen molar-refractivity contribution in [1.82, 2.24) is 25.8 Å². The van der Waals surface area contributed by atoms with E-state index in [1.54, 1.807) is 27.7 Å². The number of rotatable bonds is 5. The zero-order valence-electron chi connectivity index (χ0n) is 26.0. The number of fused-ring (bicyclic) bond motifs is 2. The van der Waals surface area contributed by atoms with Crippen molar-refractivity contribution >= 4 is 30.0 Å². The number of aliphatic carboxylic acids is 1. The van der Waals surface area contributed by atoms with Gasteiger partial charge in [-0.2, -0.15) is 0 Å². The normalized spacial score (nSPS) is 28.6. The van der Waals surface area contributed by atoms with Gasteiger partial charge in [0.15, 0.2) is 0 Å². The van der Waals surface area contributed by atoms with Crippen LogP contribution in [0.1, 0.15) is 84.4 Å². The van der Waals surface area contributed by atoms with E-state index in [-0.39, 0.29) is 25.8 Å². The SMILES string of the molecule is C[C@@H](NC(=O)O[C@@H]1C[C@H]2C(=O)N[C@@]3(C(=O)O)C[C@@H]3/C=C\CCCCC[C@H](NC(=O)OC(C)(C)C)C(=O)N2C1)c1ccc(F)cn1. The van der Waals surface area contributed by atoms with Gasteiger partial charge in [0.1, 0.15) is 35.1 Å². The van der Waals surface area contributed by atoms with Crippen molar-refractivity contribution in [3.8, 4) is 0 Å². The predicted octanol–water partition coefficient (Wildman–Crippen LogP) is 3.35. The van der Waals surface area contributed by atoms with E-state index in [9.17, 15) is 33.5 Å². The molecule has 0 unspecified atom stereocenters. The Labute approximate surface area is 261 Å². The van der Waals surface area contributed by atoms with Gasteiger partial charge in [-0.15, -0.1) is 0 Å². The summed E-state index contributed by atoms with van der Waals surface area (Å²) in [5.74, 6) is -3.35. The van der Waals surface area contributed by atoms with E-state index in [0.717, 1.165) is 19.0 Å². The summed E-state index contributed by atoms with van der Waals surface area (Å²) in [5, 5.41) is 17.9. The largest absolute Gasteiger partial charge is 0.479 e. The number of carbonyl (C=O) groups excluding carboxylic acids is 4. The van der Waals surface area contributed by atoms with E-state index < -0.39 is 77.1 Å². The van der Waals surface area contributed by atoms with Crippen molar-refractivity contribution < 1.29 is 42.9 Å². The first-order valence-corrected chi connectivity index (χ1v) is 15.3. The molecular weight excluding hydrogens is 589 g/mol. The fourth-order valence-corrected chi connectivity index (χ4v) is 5.68. The van der Waals surface area contributed by atoms with Crippen LogP contribution < -0.4 is 16.0 Å². The molecule has 2 aliphatic heterocycles. The highest BCUT2D eigenvalue weighted by atomic mass is 19.1. The molecule has 0 aromatic carbocycles. The van der Waals surface area contributed by atoms with Gasteiger partial charge in [-0.1, -0.05) is 25.0 Å². The molecule has 4 N–H and O–H groups in total. The minimum absolute atomic E-state index is 0.0937. The average molecular weight is 632 g/mol. The Balaban J connectivity index is 1.55. The van der Waals surface area contributed by atoms with Gasteiger partial charge in [0, 0.05) is 12.3 Å². The van der Waals surface area contributed by atoms with Crippen LogP contribution in [0.15, 0.2) is 30.5 Å². The van der Waals surface area contributed by atoms with Crippen LogP contribution in [-0.2, 0) is 23.9 Å². The second kappa shape index (κ2) is 13.8. The summed E-state index contributed by atoms with van der Waals surface area (Å²) < 4.78 is 24.2. The molecule has 6 atom stereocenters. The van der Waals surface area contributed by atoms with E-state index in [1.807, 2.05) is 12.2 Å². The summed E-state index contributed by atoms with van der Waals surface area (Å²) in [6, 6.07) is -0.195. The third-order valence-electron chi connectivity index (χ3n) is 8.11. The van der Waals surface area contributed by atoms with Crippen LogP contribution in [0.2, 0.25) is 0 Å². The monoisotopic (exact) mass is 631 g/mol. The van der Waals surface area contributed by atoms with Crippen LogP contribution in [0.5, 0.6) is 0 Å². The number of nitrogens with one attached hydrogen (secondary N) is 3. The van der Waals surface area contributed by atoms with Gasteiger partial charge >= 0.3 is 18.2 Å². The predicted molar refractivity (Wildman–Crippen MR) is 158 cm³/mol. The van der Waals surface area contributed by atoms with Gasteiger partial charge in [0.05, 0.1) is 24.5 Å². The lowest BCUT2D eigenvalue weighted by atomic mass is 10.0. The molecule has 14 heteroatoms. The molecule has 1 aromatic heterocycles. The first-order chi connectivity index (χ1) is 21.2. The number of halogens is 1. The van der Waals surface area contributed by atoms with Gasteiger partial charge in [-0.05, 0) is 65.5 Å². The first-order valence-electron chi connectivity index (χ1n) is 15.3. The molecule has 1 saturated carbocycles. The van der Waals surface area contributed by atoms with Gasteiger partial charge in [0.25, 0.3) is 0 Å². The highest BCUT2D eigenvalue weighted by Gasteiger charge is 2.61. The maximum absolute atomic E-state index is 14.0. The number of alkyl carbamates (subject to hydrolysis) is 2. The van der Waals surface area contributed by atoms with Crippen molar-refractivity contribution in [3.63, 3.8) is 0 Å². The Morgan fingerprint density at radius 2 is 1.93 bits per heavy atom. The fourth-order valence-electron chi connectivity index (χ4n) is 5.68. The minimum Gasteiger partial charge on any atom is -0.479 e. The molecule has 4 amide bonds. The number of pyridine rings is 1. The molecule has 1 aliphatic carbocycles. The fraction of sp³-hybridized carbons (Fsp3) is 0.613. The van der Waals surface area contributed by atoms with Gasteiger partial charge < -0.3 is 35.4 Å². The number of carbonyl (C=O) groups is 5. The quantitative estimate of drug-likeness (QED) is 0.355. The highest BCUT2D eigenvalue weighted by Crippen LogP contribution is 2.45. The summed E-state index contributed by atoms with van der Waals surface area (Å²) in [7, 11) is 0. The number of hydrogen-bond donors (Lipinski definition) is 4. The lowest BCUT2D eigenvalue weighted by molar-refractivity contribution is -0.145. The van der Waals surface area contributed by atoms with Crippen molar-refractivity contribution in [2.24, 2.45) is 5.92 Å². The Morgan fingerprint density at radius 3 is 2.60 bits per heavy atom. The van der Waals surface area contributed by atoms with Crippen molar-refractivity contribution in [2.75, 3.05) is 6.54 Å². The Kier molecular flexibility index (Phi) is 10.3. The van der Waals surface area contributed by atoms with Crippen LogP contribution in [0, 0.1) is 11.7 Å². The zero-order chi connectivity index (χ0) is 32.9. The Morgan fingerprint density at radius 1 is 1.18 bits per heavy atom. The van der Waals surface area contributed by atoms with Gasteiger partial charge in [-0.25, -0.2) is 18.8 Å². The van der Waals surface area contributed by atoms with E-state index >= 15 is 0 Å². The topological polar surface area (TPSA) is 176 Å². The maximum Gasteiger partial charge on any atom is 0.408 e. The molecule has 1 saturated heterocycles. The van der Waals surface area contributed by atoms with Crippen LogP contribution >= 0.6 is 0 Å². The lowest BCUT2D eigenvalue weighted by Crippen LogP contribution is -2.56. The minimum atomic E-state index is -1.50.